The average molecular weight is 493 g/mol. The monoisotopic (exact) mass is 492 g/mol. The smallest absolute Gasteiger partial charge is 0.246 e. The van der Waals surface area contributed by atoms with E-state index in [4.69, 9.17) is 9.15 Å². The molecular formula is C27H29FN4O4. The van der Waals surface area contributed by atoms with E-state index in [0.29, 0.717) is 43.0 Å². The van der Waals surface area contributed by atoms with Gasteiger partial charge in [-0.25, -0.2) is 9.37 Å². The number of fused-ring (bicyclic) bond motifs is 2. The third kappa shape index (κ3) is 4.89. The molecule has 2 aliphatic heterocycles. The maximum Gasteiger partial charge on any atom is 0.246 e. The van der Waals surface area contributed by atoms with E-state index in [2.05, 4.69) is 15.2 Å². The number of hydrogen-bond acceptors (Lipinski definition) is 6. The summed E-state index contributed by atoms with van der Waals surface area (Å²) in [6.07, 6.45) is 6.24. The molecule has 9 heteroatoms. The Kier molecular flexibility index (Phi) is 6.84. The average Bonchev–Trinajstić information content (AvgIpc) is 3.10. The van der Waals surface area contributed by atoms with E-state index in [1.807, 2.05) is 13.0 Å². The van der Waals surface area contributed by atoms with Gasteiger partial charge < -0.3 is 19.4 Å². The summed E-state index contributed by atoms with van der Waals surface area (Å²) in [6.45, 7) is 4.85. The number of likely N-dealkylation sites (N-methyl/N-ethyl adjacent to an activating group) is 1. The molecule has 1 aromatic carbocycles. The molecule has 2 aliphatic rings. The van der Waals surface area contributed by atoms with Crippen LogP contribution in [0.3, 0.4) is 0 Å². The van der Waals surface area contributed by atoms with Crippen LogP contribution >= 0.6 is 0 Å². The molecule has 3 aromatic rings. The van der Waals surface area contributed by atoms with Crippen LogP contribution < -0.4 is 5.32 Å². The van der Waals surface area contributed by atoms with Crippen molar-refractivity contribution in [1.29, 1.82) is 0 Å². The zero-order valence-electron chi connectivity index (χ0n) is 20.4. The largest absolute Gasteiger partial charge is 0.456 e. The van der Waals surface area contributed by atoms with Crippen LogP contribution in [0.4, 0.5) is 10.2 Å². The van der Waals surface area contributed by atoms with Crippen molar-refractivity contribution in [2.75, 3.05) is 38.7 Å². The molecule has 0 radical (unpaired) electrons. The van der Waals surface area contributed by atoms with Crippen LogP contribution in [-0.4, -0.2) is 66.0 Å². The van der Waals surface area contributed by atoms with E-state index in [1.165, 1.54) is 17.0 Å². The first-order valence-electron chi connectivity index (χ1n) is 12.1. The fourth-order valence-corrected chi connectivity index (χ4v) is 4.78. The number of morpholine rings is 1. The minimum absolute atomic E-state index is 0.0380. The summed E-state index contributed by atoms with van der Waals surface area (Å²) in [6, 6.07) is 6.56. The number of para-hydroxylation sites is 1. The molecule has 2 aromatic heterocycles. The van der Waals surface area contributed by atoms with Gasteiger partial charge in [0.05, 0.1) is 25.8 Å². The summed E-state index contributed by atoms with van der Waals surface area (Å²) >= 11 is 0. The predicted octanol–water partition coefficient (Wildman–Crippen LogP) is 3.53. The highest BCUT2D eigenvalue weighted by Gasteiger charge is 2.30. The van der Waals surface area contributed by atoms with Gasteiger partial charge >= 0.3 is 0 Å². The first kappa shape index (κ1) is 24.1. The lowest BCUT2D eigenvalue weighted by Gasteiger charge is -2.32. The zero-order valence-corrected chi connectivity index (χ0v) is 20.4. The van der Waals surface area contributed by atoms with Gasteiger partial charge in [0.15, 0.2) is 11.4 Å². The third-order valence-electron chi connectivity index (χ3n) is 6.90. The van der Waals surface area contributed by atoms with Gasteiger partial charge in [0.25, 0.3) is 0 Å². The molecule has 0 bridgehead atoms. The summed E-state index contributed by atoms with van der Waals surface area (Å²) in [7, 11) is 1.67. The molecule has 1 atom stereocenters. The number of nitrogens with zero attached hydrogens (tertiary/aromatic N) is 3. The summed E-state index contributed by atoms with van der Waals surface area (Å²) < 4.78 is 25.2. The summed E-state index contributed by atoms with van der Waals surface area (Å²) in [4.78, 5) is 33.6. The van der Waals surface area contributed by atoms with Crippen LogP contribution in [0.1, 0.15) is 28.9 Å². The second kappa shape index (κ2) is 10.2. The number of carbonyl (C=O) groups is 2. The molecule has 5 rings (SSSR count). The van der Waals surface area contributed by atoms with Crippen LogP contribution in [0.15, 0.2) is 41.0 Å². The number of nitrogens with one attached hydrogen (secondary N) is 1. The lowest BCUT2D eigenvalue weighted by atomic mass is 10.0. The van der Waals surface area contributed by atoms with E-state index >= 15 is 0 Å². The maximum absolute atomic E-state index is 14.0. The number of halogens is 1. The molecule has 188 valence electrons. The Labute approximate surface area is 208 Å². The van der Waals surface area contributed by atoms with Crippen molar-refractivity contribution in [3.05, 3.63) is 64.8 Å². The van der Waals surface area contributed by atoms with Crippen molar-refractivity contribution in [3.63, 3.8) is 0 Å². The minimum atomic E-state index is -0.418. The van der Waals surface area contributed by atoms with E-state index in [9.17, 15) is 14.0 Å². The first-order chi connectivity index (χ1) is 17.4. The second-order valence-electron chi connectivity index (χ2n) is 9.26. The zero-order chi connectivity index (χ0) is 25.2. The normalized spacial score (nSPS) is 18.8. The van der Waals surface area contributed by atoms with E-state index in [1.54, 1.807) is 31.5 Å². The van der Waals surface area contributed by atoms with Gasteiger partial charge in [-0.3, -0.25) is 14.5 Å². The molecule has 4 heterocycles. The van der Waals surface area contributed by atoms with Gasteiger partial charge in [-0.1, -0.05) is 12.1 Å². The number of furan rings is 1. The van der Waals surface area contributed by atoms with Crippen molar-refractivity contribution in [2.24, 2.45) is 0 Å². The number of hydrogen-bond donors (Lipinski definition) is 1. The molecule has 1 fully saturated rings. The van der Waals surface area contributed by atoms with Gasteiger partial charge in [-0.15, -0.1) is 0 Å². The van der Waals surface area contributed by atoms with Crippen molar-refractivity contribution < 1.29 is 23.1 Å². The molecular weight excluding hydrogens is 463 g/mol. The molecule has 0 saturated carbocycles. The Morgan fingerprint density at radius 1 is 1.33 bits per heavy atom. The highest BCUT2D eigenvalue weighted by atomic mass is 19.1. The Balaban J connectivity index is 1.25. The summed E-state index contributed by atoms with van der Waals surface area (Å²) in [5, 5.41) is 3.67. The van der Waals surface area contributed by atoms with Gasteiger partial charge in [-0.2, -0.15) is 0 Å². The third-order valence-corrected chi connectivity index (χ3v) is 6.90. The number of rotatable bonds is 5. The van der Waals surface area contributed by atoms with Crippen LogP contribution in [-0.2, 0) is 27.3 Å². The van der Waals surface area contributed by atoms with Crippen molar-refractivity contribution >= 4 is 34.7 Å². The summed E-state index contributed by atoms with van der Waals surface area (Å²) in [5.41, 5.74) is 2.75. The number of pyridine rings is 1. The van der Waals surface area contributed by atoms with Crippen molar-refractivity contribution in [3.8, 4) is 0 Å². The highest BCUT2D eigenvalue weighted by Crippen LogP contribution is 2.28. The lowest BCUT2D eigenvalue weighted by molar-refractivity contribution is -0.125. The quantitative estimate of drug-likeness (QED) is 0.549. The Bertz CT molecular complexity index is 1330. The van der Waals surface area contributed by atoms with Crippen molar-refractivity contribution in [1.82, 2.24) is 14.8 Å². The predicted molar refractivity (Wildman–Crippen MR) is 134 cm³/mol. The Morgan fingerprint density at radius 2 is 2.14 bits per heavy atom. The van der Waals surface area contributed by atoms with E-state index < -0.39 is 5.82 Å². The number of aromatic nitrogens is 1. The van der Waals surface area contributed by atoms with Crippen LogP contribution in [0.2, 0.25) is 0 Å². The van der Waals surface area contributed by atoms with Crippen molar-refractivity contribution in [2.45, 2.75) is 32.4 Å². The Morgan fingerprint density at radius 3 is 2.92 bits per heavy atom. The topological polar surface area (TPSA) is 87.9 Å². The molecule has 0 aliphatic carbocycles. The number of amides is 2. The molecule has 8 nitrogen and oxygen atoms in total. The van der Waals surface area contributed by atoms with Gasteiger partial charge in [0.1, 0.15) is 11.6 Å². The molecule has 2 amide bonds. The maximum atomic E-state index is 14.0. The standard InChI is InChI=1S/C27H29FN4O4/c1-17-20-4-3-5-21(28)25(20)36-23(17)16-31(2)24(33)9-6-18-14-19-7-8-22(32-10-12-35-13-11-32)27(34)30-26(19)29-15-18/h3-6,9,14-15,22H,7-8,10-13,16H2,1-2H3,(H,29,30,34). The molecule has 36 heavy (non-hydrogen) atoms. The van der Waals surface area contributed by atoms with Gasteiger partial charge in [0, 0.05) is 43.4 Å². The van der Waals surface area contributed by atoms with Gasteiger partial charge in [-0.05, 0) is 49.1 Å². The van der Waals surface area contributed by atoms with Gasteiger partial charge in [0.2, 0.25) is 11.8 Å². The number of benzene rings is 1. The number of ether oxygens (including phenoxy) is 1. The lowest BCUT2D eigenvalue weighted by Crippen LogP contribution is -2.48. The molecule has 1 N–H and O–H groups in total. The van der Waals surface area contributed by atoms with E-state index in [-0.39, 0.29) is 30.0 Å². The van der Waals surface area contributed by atoms with Crippen LogP contribution in [0, 0.1) is 12.7 Å². The summed E-state index contributed by atoms with van der Waals surface area (Å²) in [5.74, 6) is 0.453. The van der Waals surface area contributed by atoms with Crippen LogP contribution in [0.25, 0.3) is 17.0 Å². The fourth-order valence-electron chi connectivity index (χ4n) is 4.78. The molecule has 0 spiro atoms. The molecule has 1 saturated heterocycles. The minimum Gasteiger partial charge on any atom is -0.456 e. The van der Waals surface area contributed by atoms with Crippen LogP contribution in [0.5, 0.6) is 0 Å². The molecule has 1 unspecified atom stereocenters. The first-order valence-corrected chi connectivity index (χ1v) is 12.1. The Hall–Kier alpha value is -3.56. The number of aryl methyl sites for hydroxylation is 2. The number of carbonyl (C=O) groups excluding carboxylic acids is 2. The number of anilines is 1. The SMILES string of the molecule is Cc1c(CN(C)C(=O)C=Cc2cnc3c(c2)CCC(N2CCOCC2)C(=O)N3)oc2c(F)cccc12. The fraction of sp³-hybridized carbons (Fsp3) is 0.370. The second-order valence-corrected chi connectivity index (χ2v) is 9.26. The highest BCUT2D eigenvalue weighted by molar-refractivity contribution is 5.96. The van der Waals surface area contributed by atoms with E-state index in [0.717, 1.165) is 29.8 Å².